The van der Waals surface area contributed by atoms with Gasteiger partial charge in [-0.1, -0.05) is 30.3 Å². The molecule has 128 valence electrons. The van der Waals surface area contributed by atoms with Crippen LogP contribution in [0.1, 0.15) is 23.0 Å². The maximum atomic E-state index is 12.0. The van der Waals surface area contributed by atoms with Crippen LogP contribution in [0.4, 0.5) is 0 Å². The van der Waals surface area contributed by atoms with Gasteiger partial charge >= 0.3 is 5.97 Å². The Labute approximate surface area is 145 Å². The molecule has 3 aromatic rings. The van der Waals surface area contributed by atoms with E-state index in [1.54, 1.807) is 31.7 Å². The molecular formula is C18H18N4O3. The Morgan fingerprint density at radius 1 is 1.20 bits per heavy atom. The summed E-state index contributed by atoms with van der Waals surface area (Å²) in [6.07, 6.45) is 1.48. The largest absolute Gasteiger partial charge is 0.481 e. The van der Waals surface area contributed by atoms with Gasteiger partial charge in [-0.15, -0.1) is 0 Å². The zero-order valence-corrected chi connectivity index (χ0v) is 14.3. The first-order valence-electron chi connectivity index (χ1n) is 7.84. The van der Waals surface area contributed by atoms with E-state index in [0.29, 0.717) is 35.4 Å². The van der Waals surface area contributed by atoms with Gasteiger partial charge in [0.2, 0.25) is 5.88 Å². The molecule has 0 fully saturated rings. The van der Waals surface area contributed by atoms with E-state index in [0.717, 1.165) is 5.56 Å². The topological polar surface area (TPSA) is 79.1 Å². The SMILES string of the molecule is CCOC(=O)c1cnn(-c2cc(OC)nc(-c3ccccc3)n2)c1C. The van der Waals surface area contributed by atoms with Crippen LogP contribution in [0.5, 0.6) is 5.88 Å². The van der Waals surface area contributed by atoms with E-state index in [1.165, 1.54) is 6.20 Å². The summed E-state index contributed by atoms with van der Waals surface area (Å²) in [7, 11) is 1.54. The van der Waals surface area contributed by atoms with Gasteiger partial charge in [-0.3, -0.25) is 0 Å². The summed E-state index contributed by atoms with van der Waals surface area (Å²) in [6.45, 7) is 3.86. The van der Waals surface area contributed by atoms with Crippen LogP contribution in [0.15, 0.2) is 42.6 Å². The van der Waals surface area contributed by atoms with Crippen LogP contribution in [0.2, 0.25) is 0 Å². The molecule has 0 aliphatic rings. The average Bonchev–Trinajstić information content (AvgIpc) is 3.04. The molecule has 0 spiro atoms. The third-order valence-corrected chi connectivity index (χ3v) is 3.65. The highest BCUT2D eigenvalue weighted by Crippen LogP contribution is 2.22. The minimum Gasteiger partial charge on any atom is -0.481 e. The summed E-state index contributed by atoms with van der Waals surface area (Å²) in [6, 6.07) is 11.2. The third-order valence-electron chi connectivity index (χ3n) is 3.65. The smallest absolute Gasteiger partial charge is 0.341 e. The predicted molar refractivity (Wildman–Crippen MR) is 91.8 cm³/mol. The fourth-order valence-corrected chi connectivity index (χ4v) is 2.39. The molecule has 0 saturated carbocycles. The molecule has 7 heteroatoms. The fraction of sp³-hybridized carbons (Fsp3) is 0.222. The average molecular weight is 338 g/mol. The quantitative estimate of drug-likeness (QED) is 0.666. The van der Waals surface area contributed by atoms with Crippen LogP contribution >= 0.6 is 0 Å². The van der Waals surface area contributed by atoms with Crippen molar-refractivity contribution in [3.05, 3.63) is 53.9 Å². The maximum absolute atomic E-state index is 12.0. The Morgan fingerprint density at radius 3 is 2.64 bits per heavy atom. The number of benzene rings is 1. The van der Waals surface area contributed by atoms with Crippen LogP contribution in [-0.4, -0.2) is 39.4 Å². The Hall–Kier alpha value is -3.22. The number of hydrogen-bond donors (Lipinski definition) is 0. The molecule has 25 heavy (non-hydrogen) atoms. The number of esters is 1. The first-order chi connectivity index (χ1) is 12.1. The number of ether oxygens (including phenoxy) is 2. The van der Waals surface area contributed by atoms with Crippen molar-refractivity contribution in [2.45, 2.75) is 13.8 Å². The van der Waals surface area contributed by atoms with Crippen LogP contribution in [-0.2, 0) is 4.74 Å². The molecule has 1 aromatic carbocycles. The van der Waals surface area contributed by atoms with E-state index >= 15 is 0 Å². The summed E-state index contributed by atoms with van der Waals surface area (Å²) in [4.78, 5) is 20.9. The first kappa shape index (κ1) is 16.6. The van der Waals surface area contributed by atoms with E-state index < -0.39 is 5.97 Å². The van der Waals surface area contributed by atoms with E-state index in [2.05, 4.69) is 15.1 Å². The lowest BCUT2D eigenvalue weighted by atomic mass is 10.2. The number of hydrogen-bond acceptors (Lipinski definition) is 6. The van der Waals surface area contributed by atoms with Gasteiger partial charge in [-0.05, 0) is 13.8 Å². The molecule has 0 radical (unpaired) electrons. The van der Waals surface area contributed by atoms with Crippen molar-refractivity contribution in [2.24, 2.45) is 0 Å². The number of nitrogens with zero attached hydrogens (tertiary/aromatic N) is 4. The summed E-state index contributed by atoms with van der Waals surface area (Å²) in [5.41, 5.74) is 1.90. The molecule has 0 saturated heterocycles. The normalized spacial score (nSPS) is 10.5. The Kier molecular flexibility index (Phi) is 4.74. The fourth-order valence-electron chi connectivity index (χ4n) is 2.39. The van der Waals surface area contributed by atoms with Crippen molar-refractivity contribution in [1.82, 2.24) is 19.7 Å². The summed E-state index contributed by atoms with van der Waals surface area (Å²) >= 11 is 0. The van der Waals surface area contributed by atoms with Gasteiger partial charge in [0, 0.05) is 11.6 Å². The zero-order chi connectivity index (χ0) is 17.8. The van der Waals surface area contributed by atoms with E-state index in [4.69, 9.17) is 9.47 Å². The molecule has 0 unspecified atom stereocenters. The second-order valence-electron chi connectivity index (χ2n) is 5.23. The first-order valence-corrected chi connectivity index (χ1v) is 7.84. The molecule has 0 N–H and O–H groups in total. The van der Waals surface area contributed by atoms with Gasteiger partial charge in [0.25, 0.3) is 0 Å². The highest BCUT2D eigenvalue weighted by molar-refractivity contribution is 5.90. The van der Waals surface area contributed by atoms with E-state index in [1.807, 2.05) is 30.3 Å². The summed E-state index contributed by atoms with van der Waals surface area (Å²) in [5, 5.41) is 4.27. The number of carbonyl (C=O) groups is 1. The van der Waals surface area contributed by atoms with E-state index in [-0.39, 0.29) is 0 Å². The molecule has 2 heterocycles. The van der Waals surface area contributed by atoms with Crippen molar-refractivity contribution in [3.8, 4) is 23.1 Å². The number of carbonyl (C=O) groups excluding carboxylic acids is 1. The molecule has 2 aromatic heterocycles. The molecule has 3 rings (SSSR count). The van der Waals surface area contributed by atoms with Gasteiger partial charge in [-0.2, -0.15) is 10.1 Å². The standard InChI is InChI=1S/C18H18N4O3/c1-4-25-18(23)14-11-19-22(12(14)2)15-10-16(24-3)21-17(20-15)13-8-6-5-7-9-13/h5-11H,4H2,1-3H3. The van der Waals surface area contributed by atoms with Crippen molar-refractivity contribution >= 4 is 5.97 Å². The maximum Gasteiger partial charge on any atom is 0.341 e. The lowest BCUT2D eigenvalue weighted by Crippen LogP contribution is -2.08. The van der Waals surface area contributed by atoms with Crippen molar-refractivity contribution in [2.75, 3.05) is 13.7 Å². The summed E-state index contributed by atoms with van der Waals surface area (Å²) < 4.78 is 11.9. The monoisotopic (exact) mass is 338 g/mol. The van der Waals surface area contributed by atoms with Crippen LogP contribution in [0, 0.1) is 6.92 Å². The van der Waals surface area contributed by atoms with Gasteiger partial charge in [0.15, 0.2) is 11.6 Å². The lowest BCUT2D eigenvalue weighted by Gasteiger charge is -2.09. The Morgan fingerprint density at radius 2 is 1.96 bits per heavy atom. The molecule has 0 atom stereocenters. The van der Waals surface area contributed by atoms with Crippen LogP contribution < -0.4 is 4.74 Å². The Balaban J connectivity index is 2.07. The van der Waals surface area contributed by atoms with Gasteiger partial charge in [-0.25, -0.2) is 14.5 Å². The van der Waals surface area contributed by atoms with Crippen molar-refractivity contribution in [1.29, 1.82) is 0 Å². The molecule has 7 nitrogen and oxygen atoms in total. The molecule has 0 bridgehead atoms. The number of rotatable bonds is 5. The van der Waals surface area contributed by atoms with Crippen molar-refractivity contribution < 1.29 is 14.3 Å². The van der Waals surface area contributed by atoms with Crippen LogP contribution in [0.25, 0.3) is 17.2 Å². The van der Waals surface area contributed by atoms with Gasteiger partial charge in [0.1, 0.15) is 5.56 Å². The van der Waals surface area contributed by atoms with Crippen LogP contribution in [0.3, 0.4) is 0 Å². The van der Waals surface area contributed by atoms with Gasteiger partial charge in [0.05, 0.1) is 25.6 Å². The minimum absolute atomic E-state index is 0.308. The second kappa shape index (κ2) is 7.12. The predicted octanol–water partition coefficient (Wildman–Crippen LogP) is 2.82. The molecule has 0 aliphatic heterocycles. The Bertz CT molecular complexity index is 891. The van der Waals surface area contributed by atoms with Gasteiger partial charge < -0.3 is 9.47 Å². The lowest BCUT2D eigenvalue weighted by molar-refractivity contribution is 0.0525. The molecular weight excluding hydrogens is 320 g/mol. The number of aromatic nitrogens is 4. The highest BCUT2D eigenvalue weighted by Gasteiger charge is 2.18. The number of methoxy groups -OCH3 is 1. The zero-order valence-electron chi connectivity index (χ0n) is 14.3. The molecule has 0 amide bonds. The summed E-state index contributed by atoms with van der Waals surface area (Å²) in [5.74, 6) is 1.04. The van der Waals surface area contributed by atoms with Crippen molar-refractivity contribution in [3.63, 3.8) is 0 Å². The highest BCUT2D eigenvalue weighted by atomic mass is 16.5. The minimum atomic E-state index is -0.407. The molecule has 0 aliphatic carbocycles. The van der Waals surface area contributed by atoms with E-state index in [9.17, 15) is 4.79 Å². The third kappa shape index (κ3) is 3.35. The second-order valence-corrected chi connectivity index (χ2v) is 5.23.